The van der Waals surface area contributed by atoms with Crippen LogP contribution in [0.15, 0.2) is 23.3 Å². The molecule has 0 saturated carbocycles. The zero-order valence-electron chi connectivity index (χ0n) is 24.9. The van der Waals surface area contributed by atoms with Crippen molar-refractivity contribution in [2.45, 2.75) is 101 Å². The highest BCUT2D eigenvalue weighted by Crippen LogP contribution is 2.14. The molecular formula is C30H55N3O3. The molecule has 208 valence electrons. The Labute approximate surface area is 222 Å². The second-order valence-electron chi connectivity index (χ2n) is 11.0. The van der Waals surface area contributed by atoms with Crippen molar-refractivity contribution in [2.24, 2.45) is 11.8 Å². The molecule has 0 aromatic rings. The van der Waals surface area contributed by atoms with Gasteiger partial charge in [0.15, 0.2) is 0 Å². The van der Waals surface area contributed by atoms with Gasteiger partial charge >= 0.3 is 0 Å². The van der Waals surface area contributed by atoms with Crippen LogP contribution in [0.25, 0.3) is 0 Å². The Morgan fingerprint density at radius 3 is 1.03 bits per heavy atom. The average Bonchev–Trinajstić information content (AvgIpc) is 2.75. The van der Waals surface area contributed by atoms with Gasteiger partial charge in [0.1, 0.15) is 0 Å². The van der Waals surface area contributed by atoms with E-state index in [1.807, 2.05) is 9.80 Å². The minimum atomic E-state index is -0.0211. The quantitative estimate of drug-likeness (QED) is 0.212. The Hall–Kier alpha value is -2.11. The molecule has 0 fully saturated rings. The van der Waals surface area contributed by atoms with Gasteiger partial charge in [-0.15, -0.1) is 0 Å². The normalized spacial score (nSPS) is 12.4. The van der Waals surface area contributed by atoms with Gasteiger partial charge in [0.05, 0.1) is 0 Å². The molecule has 2 atom stereocenters. The monoisotopic (exact) mass is 505 g/mol. The van der Waals surface area contributed by atoms with E-state index in [0.717, 1.165) is 38.5 Å². The van der Waals surface area contributed by atoms with Crippen LogP contribution >= 0.6 is 0 Å². The van der Waals surface area contributed by atoms with Crippen molar-refractivity contribution in [3.05, 3.63) is 23.3 Å². The number of amides is 3. The van der Waals surface area contributed by atoms with Crippen LogP contribution in [-0.2, 0) is 14.4 Å². The fourth-order valence-electron chi connectivity index (χ4n) is 4.12. The van der Waals surface area contributed by atoms with E-state index in [0.29, 0.717) is 51.1 Å². The van der Waals surface area contributed by atoms with Crippen LogP contribution < -0.4 is 0 Å². The lowest BCUT2D eigenvalue weighted by atomic mass is 10.0. The van der Waals surface area contributed by atoms with E-state index >= 15 is 0 Å². The predicted octanol–water partition coefficient (Wildman–Crippen LogP) is 6.08. The molecule has 3 amide bonds. The molecule has 0 spiro atoms. The first-order valence-electron chi connectivity index (χ1n) is 13.9. The van der Waals surface area contributed by atoms with Crippen molar-refractivity contribution in [3.8, 4) is 0 Å². The molecular weight excluding hydrogens is 450 g/mol. The van der Waals surface area contributed by atoms with Gasteiger partial charge in [-0.1, -0.05) is 37.1 Å². The number of hydrogen-bond donors (Lipinski definition) is 0. The van der Waals surface area contributed by atoms with Crippen molar-refractivity contribution in [2.75, 3.05) is 39.3 Å². The molecule has 0 radical (unpaired) electrons. The number of carbonyl (C=O) groups excluding carboxylic acids is 3. The van der Waals surface area contributed by atoms with Crippen LogP contribution in [0.4, 0.5) is 0 Å². The first-order chi connectivity index (χ1) is 16.8. The van der Waals surface area contributed by atoms with Crippen molar-refractivity contribution in [3.63, 3.8) is 0 Å². The van der Waals surface area contributed by atoms with Crippen LogP contribution in [-0.4, -0.2) is 71.7 Å². The highest BCUT2D eigenvalue weighted by Gasteiger charge is 2.17. The summed E-state index contributed by atoms with van der Waals surface area (Å²) in [5.41, 5.74) is 2.68. The van der Waals surface area contributed by atoms with Crippen LogP contribution in [0.2, 0.25) is 0 Å². The summed E-state index contributed by atoms with van der Waals surface area (Å²) in [6.45, 7) is 21.2. The first-order valence-corrected chi connectivity index (χ1v) is 13.9. The zero-order chi connectivity index (χ0) is 27.7. The maximum atomic E-state index is 12.3. The van der Waals surface area contributed by atoms with E-state index in [1.54, 1.807) is 25.7 Å². The molecule has 6 heteroatoms. The van der Waals surface area contributed by atoms with Crippen LogP contribution in [0.5, 0.6) is 0 Å². The highest BCUT2D eigenvalue weighted by atomic mass is 16.2. The smallest absolute Gasteiger partial charge is 0.219 e. The Kier molecular flexibility index (Phi) is 17.9. The van der Waals surface area contributed by atoms with E-state index in [4.69, 9.17) is 0 Å². The molecule has 36 heavy (non-hydrogen) atoms. The summed E-state index contributed by atoms with van der Waals surface area (Å²) in [4.78, 5) is 42.2. The molecule has 0 bridgehead atoms. The molecule has 0 aromatic carbocycles. The molecule has 0 N–H and O–H groups in total. The molecule has 0 unspecified atom stereocenters. The third-order valence-electron chi connectivity index (χ3n) is 6.82. The van der Waals surface area contributed by atoms with Gasteiger partial charge in [-0.2, -0.15) is 0 Å². The maximum absolute atomic E-state index is 12.3. The fraction of sp³-hybridized carbons (Fsp3) is 0.767. The van der Waals surface area contributed by atoms with E-state index in [2.05, 4.69) is 53.7 Å². The van der Waals surface area contributed by atoms with Gasteiger partial charge in [-0.25, -0.2) is 0 Å². The van der Waals surface area contributed by atoms with Gasteiger partial charge in [-0.05, 0) is 78.1 Å². The van der Waals surface area contributed by atoms with E-state index < -0.39 is 0 Å². The Bertz CT molecular complexity index is 667. The molecule has 0 aromatic heterocycles. The van der Waals surface area contributed by atoms with Crippen molar-refractivity contribution in [1.82, 2.24) is 14.7 Å². The highest BCUT2D eigenvalue weighted by molar-refractivity contribution is 5.75. The lowest BCUT2D eigenvalue weighted by molar-refractivity contribution is -0.134. The maximum Gasteiger partial charge on any atom is 0.219 e. The summed E-state index contributed by atoms with van der Waals surface area (Å²) in [6, 6.07) is 0. The predicted molar refractivity (Wildman–Crippen MR) is 152 cm³/mol. The SMILES string of the molecule is CC(=O)N(CC[C@H](C)CCC=C(C)C)CCN(CCN(CC[C@H](C)CCC=C(C)C)C(C)=O)C(C)=O. The lowest BCUT2D eigenvalue weighted by Gasteiger charge is -2.30. The number of rotatable bonds is 18. The Balaban J connectivity index is 4.72. The molecule has 0 saturated heterocycles. The molecule has 0 aliphatic heterocycles. The van der Waals surface area contributed by atoms with E-state index in [9.17, 15) is 14.4 Å². The number of carbonyl (C=O) groups is 3. The number of hydrogen-bond acceptors (Lipinski definition) is 3. The lowest BCUT2D eigenvalue weighted by Crippen LogP contribution is -2.44. The summed E-state index contributed by atoms with van der Waals surface area (Å²) >= 11 is 0. The summed E-state index contributed by atoms with van der Waals surface area (Å²) in [7, 11) is 0. The van der Waals surface area contributed by atoms with Crippen LogP contribution in [0, 0.1) is 11.8 Å². The van der Waals surface area contributed by atoms with Gasteiger partial charge in [0.2, 0.25) is 17.7 Å². The second kappa shape index (κ2) is 19.1. The summed E-state index contributed by atoms with van der Waals surface area (Å²) in [5, 5.41) is 0. The van der Waals surface area contributed by atoms with Crippen molar-refractivity contribution < 1.29 is 14.4 Å². The summed E-state index contributed by atoms with van der Waals surface area (Å²) in [6.07, 6.45) is 10.8. The third-order valence-corrected chi connectivity index (χ3v) is 6.82. The topological polar surface area (TPSA) is 60.9 Å². The van der Waals surface area contributed by atoms with Gasteiger partial charge in [0, 0.05) is 60.0 Å². The fourth-order valence-corrected chi connectivity index (χ4v) is 4.12. The van der Waals surface area contributed by atoms with E-state index in [1.165, 1.54) is 11.1 Å². The Morgan fingerprint density at radius 1 is 0.500 bits per heavy atom. The van der Waals surface area contributed by atoms with Gasteiger partial charge < -0.3 is 14.7 Å². The minimum absolute atomic E-state index is 0.0211. The standard InChI is InChI=1S/C30H55N3O3/c1-24(2)12-10-14-26(5)16-18-31(28(7)34)20-22-33(30(9)36)23-21-32(29(8)35)19-17-27(6)15-11-13-25(3)4/h12-13,26-27H,10-11,14-23H2,1-9H3/t26-,27-/m1/s1. The number of nitrogens with zero attached hydrogens (tertiary/aromatic N) is 3. The molecule has 6 nitrogen and oxygen atoms in total. The minimum Gasteiger partial charge on any atom is -0.341 e. The summed E-state index contributed by atoms with van der Waals surface area (Å²) in [5.74, 6) is 1.15. The molecule has 0 aliphatic carbocycles. The third kappa shape index (κ3) is 17.3. The summed E-state index contributed by atoms with van der Waals surface area (Å²) < 4.78 is 0. The van der Waals surface area contributed by atoms with Crippen molar-refractivity contribution in [1.29, 1.82) is 0 Å². The average molecular weight is 506 g/mol. The molecule has 0 rings (SSSR count). The zero-order valence-corrected chi connectivity index (χ0v) is 24.9. The second-order valence-corrected chi connectivity index (χ2v) is 11.0. The largest absolute Gasteiger partial charge is 0.341 e. The molecule has 0 aliphatic rings. The van der Waals surface area contributed by atoms with Crippen LogP contribution in [0.3, 0.4) is 0 Å². The van der Waals surface area contributed by atoms with Gasteiger partial charge in [0.25, 0.3) is 0 Å². The van der Waals surface area contributed by atoms with E-state index in [-0.39, 0.29) is 17.7 Å². The van der Waals surface area contributed by atoms with Gasteiger partial charge in [-0.3, -0.25) is 14.4 Å². The first kappa shape index (κ1) is 33.9. The van der Waals surface area contributed by atoms with Crippen molar-refractivity contribution >= 4 is 17.7 Å². The number of allylic oxidation sites excluding steroid dienone is 4. The molecule has 0 heterocycles. The Morgan fingerprint density at radius 2 is 0.778 bits per heavy atom. The van der Waals surface area contributed by atoms with Crippen LogP contribution in [0.1, 0.15) is 101 Å².